The second-order valence-electron chi connectivity index (χ2n) is 8.51. The predicted molar refractivity (Wildman–Crippen MR) is 117 cm³/mol. The van der Waals surface area contributed by atoms with E-state index in [-0.39, 0.29) is 17.4 Å². The molecule has 192 valence electrons. The molecule has 1 aliphatic heterocycles. The van der Waals surface area contributed by atoms with Gasteiger partial charge in [0.1, 0.15) is 11.8 Å². The molecule has 3 rings (SSSR count). The highest BCUT2D eigenvalue weighted by Crippen LogP contribution is 2.36. The van der Waals surface area contributed by atoms with Crippen LogP contribution in [0.3, 0.4) is 0 Å². The lowest BCUT2D eigenvalue weighted by Crippen LogP contribution is -2.41. The fraction of sp³-hybridized carbons (Fsp3) is 0.458. The Hall–Kier alpha value is -2.79. The number of carbonyl (C=O) groups excluding carboxylic acids is 1. The number of piperidine rings is 1. The summed E-state index contributed by atoms with van der Waals surface area (Å²) in [7, 11) is 0. The van der Waals surface area contributed by atoms with E-state index >= 15 is 0 Å². The molecule has 0 spiro atoms. The van der Waals surface area contributed by atoms with Gasteiger partial charge < -0.3 is 20.6 Å². The minimum atomic E-state index is -4.97. The quantitative estimate of drug-likeness (QED) is 0.450. The van der Waals surface area contributed by atoms with Gasteiger partial charge in [0.25, 0.3) is 0 Å². The van der Waals surface area contributed by atoms with Crippen molar-refractivity contribution in [2.45, 2.75) is 44.2 Å². The third-order valence-electron chi connectivity index (χ3n) is 5.83. The molecule has 35 heavy (non-hydrogen) atoms. The Morgan fingerprint density at radius 1 is 0.914 bits per heavy atom. The van der Waals surface area contributed by atoms with Crippen LogP contribution in [-0.4, -0.2) is 42.1 Å². The summed E-state index contributed by atoms with van der Waals surface area (Å²) in [6.07, 6.45) is -6.57. The van der Waals surface area contributed by atoms with Gasteiger partial charge >= 0.3 is 12.4 Å². The van der Waals surface area contributed by atoms with E-state index in [2.05, 4.69) is 15.5 Å². The Kier molecular flexibility index (Phi) is 8.65. The SMILES string of the molecule is O=C(NCc1cc(C(F)(F)F)cc(C(F)(F)F)c1)[C@@H](NCCN1CCCCC1)c1ccc(O)cc1. The van der Waals surface area contributed by atoms with Crippen molar-refractivity contribution < 1.29 is 36.2 Å². The van der Waals surface area contributed by atoms with Gasteiger partial charge in [-0.05, 0) is 67.4 Å². The van der Waals surface area contributed by atoms with Gasteiger partial charge in [0.15, 0.2) is 0 Å². The molecular weight excluding hydrogens is 476 g/mol. The lowest BCUT2D eigenvalue weighted by molar-refractivity contribution is -0.143. The predicted octanol–water partition coefficient (Wildman–Crippen LogP) is 4.86. The number of likely N-dealkylation sites (tertiary alicyclic amines) is 1. The zero-order valence-corrected chi connectivity index (χ0v) is 18.8. The lowest BCUT2D eigenvalue weighted by Gasteiger charge is -2.27. The lowest BCUT2D eigenvalue weighted by atomic mass is 10.0. The maximum absolute atomic E-state index is 13.1. The van der Waals surface area contributed by atoms with Crippen LogP contribution in [-0.2, 0) is 23.7 Å². The Labute approximate surface area is 199 Å². The van der Waals surface area contributed by atoms with Crippen molar-refractivity contribution in [3.8, 4) is 5.75 Å². The minimum Gasteiger partial charge on any atom is -0.508 e. The number of hydrogen-bond donors (Lipinski definition) is 3. The number of alkyl halides is 6. The number of hydrogen-bond acceptors (Lipinski definition) is 4. The molecule has 0 saturated carbocycles. The number of benzene rings is 2. The van der Waals surface area contributed by atoms with Gasteiger partial charge in [-0.25, -0.2) is 0 Å². The van der Waals surface area contributed by atoms with Gasteiger partial charge in [-0.2, -0.15) is 26.3 Å². The van der Waals surface area contributed by atoms with E-state index in [9.17, 15) is 36.2 Å². The summed E-state index contributed by atoms with van der Waals surface area (Å²) in [5, 5.41) is 15.1. The summed E-state index contributed by atoms with van der Waals surface area (Å²) in [5.41, 5.74) is -2.70. The number of carbonyl (C=O) groups is 1. The highest BCUT2D eigenvalue weighted by Gasteiger charge is 2.37. The third-order valence-corrected chi connectivity index (χ3v) is 5.83. The molecule has 0 radical (unpaired) electrons. The fourth-order valence-corrected chi connectivity index (χ4v) is 3.99. The van der Waals surface area contributed by atoms with Crippen molar-refractivity contribution in [1.82, 2.24) is 15.5 Å². The van der Waals surface area contributed by atoms with E-state index in [0.29, 0.717) is 30.8 Å². The molecule has 1 aliphatic rings. The van der Waals surface area contributed by atoms with Gasteiger partial charge in [-0.15, -0.1) is 0 Å². The molecule has 11 heteroatoms. The molecule has 1 amide bonds. The van der Waals surface area contributed by atoms with Crippen molar-refractivity contribution >= 4 is 5.91 Å². The van der Waals surface area contributed by atoms with Crippen LogP contribution in [0, 0.1) is 0 Å². The van der Waals surface area contributed by atoms with Crippen molar-refractivity contribution in [1.29, 1.82) is 0 Å². The number of amides is 1. The second-order valence-corrected chi connectivity index (χ2v) is 8.51. The Balaban J connectivity index is 1.73. The van der Waals surface area contributed by atoms with Gasteiger partial charge in [0, 0.05) is 19.6 Å². The summed E-state index contributed by atoms with van der Waals surface area (Å²) in [5.74, 6) is -0.620. The van der Waals surface area contributed by atoms with E-state index in [1.54, 1.807) is 0 Å². The highest BCUT2D eigenvalue weighted by atomic mass is 19.4. The summed E-state index contributed by atoms with van der Waals surface area (Å²) in [6.45, 7) is 2.52. The van der Waals surface area contributed by atoms with Crippen LogP contribution in [0.1, 0.15) is 47.6 Å². The average molecular weight is 503 g/mol. The molecule has 1 atom stereocenters. The largest absolute Gasteiger partial charge is 0.508 e. The number of rotatable bonds is 8. The third kappa shape index (κ3) is 7.86. The molecule has 1 fully saturated rings. The first kappa shape index (κ1) is 26.8. The zero-order chi connectivity index (χ0) is 25.6. The van der Waals surface area contributed by atoms with Crippen molar-refractivity contribution in [2.75, 3.05) is 26.2 Å². The number of aromatic hydroxyl groups is 1. The molecule has 2 aromatic carbocycles. The number of nitrogens with zero attached hydrogens (tertiary/aromatic N) is 1. The first-order valence-corrected chi connectivity index (χ1v) is 11.2. The van der Waals surface area contributed by atoms with Gasteiger partial charge in [-0.1, -0.05) is 18.6 Å². The van der Waals surface area contributed by atoms with Gasteiger partial charge in [0.2, 0.25) is 5.91 Å². The highest BCUT2D eigenvalue weighted by molar-refractivity contribution is 5.83. The number of halogens is 6. The van der Waals surface area contributed by atoms with Crippen LogP contribution in [0.5, 0.6) is 5.75 Å². The van der Waals surface area contributed by atoms with E-state index < -0.39 is 42.0 Å². The standard InChI is InChI=1S/C24H27F6N3O2/c25-23(26,27)18-12-16(13-19(14-18)24(28,29)30)15-32-22(35)21(17-4-6-20(34)7-5-17)31-8-11-33-9-2-1-3-10-33/h4-7,12-14,21,31,34H,1-3,8-11,15H2,(H,32,35)/t21-/m0/s1. The summed E-state index contributed by atoms with van der Waals surface area (Å²) >= 11 is 0. The normalized spacial score (nSPS) is 16.2. The second kappa shape index (κ2) is 11.3. The molecule has 3 N–H and O–H groups in total. The maximum Gasteiger partial charge on any atom is 0.416 e. The van der Waals surface area contributed by atoms with Crippen LogP contribution in [0.25, 0.3) is 0 Å². The molecule has 1 heterocycles. The van der Waals surface area contributed by atoms with E-state index in [0.717, 1.165) is 25.9 Å². The molecule has 0 unspecified atom stereocenters. The van der Waals surface area contributed by atoms with Gasteiger partial charge in [-0.3, -0.25) is 4.79 Å². The molecule has 5 nitrogen and oxygen atoms in total. The molecule has 1 saturated heterocycles. The van der Waals surface area contributed by atoms with Crippen LogP contribution >= 0.6 is 0 Å². The van der Waals surface area contributed by atoms with E-state index in [4.69, 9.17) is 0 Å². The Morgan fingerprint density at radius 2 is 1.49 bits per heavy atom. The molecule has 0 aromatic heterocycles. The van der Waals surface area contributed by atoms with Crippen LogP contribution in [0.15, 0.2) is 42.5 Å². The van der Waals surface area contributed by atoms with Crippen molar-refractivity contribution in [3.05, 3.63) is 64.7 Å². The molecular formula is C24H27F6N3O2. The minimum absolute atomic E-state index is 0.00938. The summed E-state index contributed by atoms with van der Waals surface area (Å²) < 4.78 is 78.7. The maximum atomic E-state index is 13.1. The zero-order valence-electron chi connectivity index (χ0n) is 18.8. The van der Waals surface area contributed by atoms with Crippen LogP contribution < -0.4 is 10.6 Å². The fourth-order valence-electron chi connectivity index (χ4n) is 3.99. The Morgan fingerprint density at radius 3 is 2.03 bits per heavy atom. The van der Waals surface area contributed by atoms with E-state index in [1.165, 1.54) is 30.7 Å². The number of nitrogens with one attached hydrogen (secondary N) is 2. The number of phenols is 1. The molecule has 0 bridgehead atoms. The smallest absolute Gasteiger partial charge is 0.416 e. The monoisotopic (exact) mass is 503 g/mol. The van der Waals surface area contributed by atoms with Crippen LogP contribution in [0.4, 0.5) is 26.3 Å². The van der Waals surface area contributed by atoms with Crippen molar-refractivity contribution in [2.24, 2.45) is 0 Å². The van der Waals surface area contributed by atoms with Crippen LogP contribution in [0.2, 0.25) is 0 Å². The summed E-state index contributed by atoms with van der Waals surface area (Å²) in [4.78, 5) is 15.2. The number of phenolic OH excluding ortho intramolecular Hbond substituents is 1. The first-order valence-electron chi connectivity index (χ1n) is 11.2. The van der Waals surface area contributed by atoms with E-state index in [1.807, 2.05) is 0 Å². The first-order chi connectivity index (χ1) is 16.4. The molecule has 0 aliphatic carbocycles. The topological polar surface area (TPSA) is 64.6 Å². The molecule has 2 aromatic rings. The Bertz CT molecular complexity index is 954. The van der Waals surface area contributed by atoms with Crippen molar-refractivity contribution in [3.63, 3.8) is 0 Å². The average Bonchev–Trinajstić information content (AvgIpc) is 2.80. The van der Waals surface area contributed by atoms with Gasteiger partial charge in [0.05, 0.1) is 11.1 Å². The summed E-state index contributed by atoms with van der Waals surface area (Å²) in [6, 6.07) is 6.16.